The van der Waals surface area contributed by atoms with Crippen molar-refractivity contribution in [3.63, 3.8) is 0 Å². The summed E-state index contributed by atoms with van der Waals surface area (Å²) < 4.78 is 0. The molecule has 0 aliphatic carbocycles. The maximum atomic E-state index is 4.89. The lowest BCUT2D eigenvalue weighted by molar-refractivity contribution is 0.780. The van der Waals surface area contributed by atoms with Crippen LogP contribution in [0.1, 0.15) is 17.2 Å². The van der Waals surface area contributed by atoms with E-state index in [0.29, 0.717) is 0 Å². The molecule has 0 atom stereocenters. The molecular formula is C14H13NS. The van der Waals surface area contributed by atoms with Gasteiger partial charge in [0.25, 0.3) is 0 Å². The Morgan fingerprint density at radius 3 is 1.62 bits per heavy atom. The highest BCUT2D eigenvalue weighted by Crippen LogP contribution is 2.20. The predicted molar refractivity (Wildman–Crippen MR) is 71.5 cm³/mol. The Morgan fingerprint density at radius 2 is 1.25 bits per heavy atom. The van der Waals surface area contributed by atoms with Gasteiger partial charge in [0.05, 0.1) is 11.5 Å². The molecular weight excluding hydrogens is 214 g/mol. The molecule has 0 aliphatic rings. The SMILES string of the molecule is S=CNC(c1ccccc1)c1ccccc1. The van der Waals surface area contributed by atoms with Crippen molar-refractivity contribution >= 4 is 17.7 Å². The first kappa shape index (κ1) is 10.8. The van der Waals surface area contributed by atoms with Gasteiger partial charge in [-0.05, 0) is 11.1 Å². The zero-order valence-electron chi connectivity index (χ0n) is 8.84. The van der Waals surface area contributed by atoms with Gasteiger partial charge in [0.1, 0.15) is 0 Å². The molecule has 2 aromatic carbocycles. The summed E-state index contributed by atoms with van der Waals surface area (Å²) >= 11 is 4.89. The van der Waals surface area contributed by atoms with E-state index in [1.54, 1.807) is 5.49 Å². The van der Waals surface area contributed by atoms with Gasteiger partial charge in [-0.3, -0.25) is 0 Å². The largest absolute Gasteiger partial charge is 0.371 e. The van der Waals surface area contributed by atoms with Crippen LogP contribution in [-0.2, 0) is 0 Å². The summed E-state index contributed by atoms with van der Waals surface area (Å²) in [7, 11) is 0. The van der Waals surface area contributed by atoms with Crippen LogP contribution >= 0.6 is 12.2 Å². The van der Waals surface area contributed by atoms with Crippen LogP contribution < -0.4 is 5.32 Å². The molecule has 80 valence electrons. The molecule has 0 saturated carbocycles. The number of thiocarbonyl (C=S) groups is 1. The molecule has 2 heteroatoms. The Hall–Kier alpha value is -1.67. The standard InChI is InChI=1S/C14H13NS/c16-11-15-14(12-7-3-1-4-8-12)13-9-5-2-6-10-13/h1-11,14H,(H,15,16). The Kier molecular flexibility index (Phi) is 3.67. The molecule has 0 unspecified atom stereocenters. The molecule has 1 nitrogen and oxygen atoms in total. The summed E-state index contributed by atoms with van der Waals surface area (Å²) in [6.07, 6.45) is 0. The number of rotatable bonds is 4. The van der Waals surface area contributed by atoms with Gasteiger partial charge in [-0.25, -0.2) is 0 Å². The third kappa shape index (κ3) is 2.47. The van der Waals surface area contributed by atoms with E-state index in [-0.39, 0.29) is 6.04 Å². The van der Waals surface area contributed by atoms with Gasteiger partial charge in [0.15, 0.2) is 0 Å². The lowest BCUT2D eigenvalue weighted by Gasteiger charge is -2.17. The maximum Gasteiger partial charge on any atom is 0.0769 e. The van der Waals surface area contributed by atoms with Crippen molar-refractivity contribution in [3.05, 3.63) is 71.8 Å². The van der Waals surface area contributed by atoms with Crippen molar-refractivity contribution in [1.29, 1.82) is 0 Å². The van der Waals surface area contributed by atoms with E-state index in [0.717, 1.165) is 0 Å². The molecule has 0 aromatic heterocycles. The van der Waals surface area contributed by atoms with Gasteiger partial charge in [0.2, 0.25) is 0 Å². The second-order valence-corrected chi connectivity index (χ2v) is 3.77. The first-order valence-electron chi connectivity index (χ1n) is 5.21. The highest BCUT2D eigenvalue weighted by Gasteiger charge is 2.10. The van der Waals surface area contributed by atoms with Crippen LogP contribution in [0.25, 0.3) is 0 Å². The second-order valence-electron chi connectivity index (χ2n) is 3.54. The normalized spacial score (nSPS) is 10.1. The van der Waals surface area contributed by atoms with Crippen LogP contribution in [0.15, 0.2) is 60.7 Å². The topological polar surface area (TPSA) is 12.0 Å². The molecule has 1 N–H and O–H groups in total. The molecule has 0 spiro atoms. The van der Waals surface area contributed by atoms with Crippen molar-refractivity contribution in [2.45, 2.75) is 6.04 Å². The summed E-state index contributed by atoms with van der Waals surface area (Å²) in [6.45, 7) is 0. The van der Waals surface area contributed by atoms with Gasteiger partial charge < -0.3 is 5.32 Å². The summed E-state index contributed by atoms with van der Waals surface area (Å²) in [4.78, 5) is 0. The average molecular weight is 227 g/mol. The predicted octanol–water partition coefficient (Wildman–Crippen LogP) is 3.32. The molecule has 0 amide bonds. The number of benzene rings is 2. The first-order valence-corrected chi connectivity index (χ1v) is 5.68. The van der Waals surface area contributed by atoms with Crippen molar-refractivity contribution < 1.29 is 0 Å². The Balaban J connectivity index is 2.35. The molecule has 0 radical (unpaired) electrons. The number of nitrogens with one attached hydrogen (secondary N) is 1. The van der Waals surface area contributed by atoms with Crippen molar-refractivity contribution in [1.82, 2.24) is 5.32 Å². The smallest absolute Gasteiger partial charge is 0.0769 e. The zero-order chi connectivity index (χ0) is 11.2. The van der Waals surface area contributed by atoms with Crippen LogP contribution in [0.2, 0.25) is 0 Å². The highest BCUT2D eigenvalue weighted by molar-refractivity contribution is 7.78. The summed E-state index contributed by atoms with van der Waals surface area (Å²) in [5.74, 6) is 0. The third-order valence-corrected chi connectivity index (χ3v) is 2.64. The zero-order valence-corrected chi connectivity index (χ0v) is 9.65. The lowest BCUT2D eigenvalue weighted by Crippen LogP contribution is -2.19. The number of hydrogen-bond donors (Lipinski definition) is 1. The highest BCUT2D eigenvalue weighted by atomic mass is 32.1. The summed E-state index contributed by atoms with van der Waals surface area (Å²) in [6, 6.07) is 20.7. The minimum Gasteiger partial charge on any atom is -0.371 e. The van der Waals surface area contributed by atoms with E-state index in [1.165, 1.54) is 11.1 Å². The number of hydrogen-bond acceptors (Lipinski definition) is 1. The molecule has 0 bridgehead atoms. The molecule has 2 rings (SSSR count). The molecule has 0 fully saturated rings. The molecule has 16 heavy (non-hydrogen) atoms. The van der Waals surface area contributed by atoms with Crippen molar-refractivity contribution in [3.8, 4) is 0 Å². The minimum atomic E-state index is 0.139. The fourth-order valence-corrected chi connectivity index (χ4v) is 1.88. The van der Waals surface area contributed by atoms with Crippen molar-refractivity contribution in [2.75, 3.05) is 0 Å². The third-order valence-electron chi connectivity index (χ3n) is 2.50. The van der Waals surface area contributed by atoms with E-state index in [9.17, 15) is 0 Å². The van der Waals surface area contributed by atoms with Crippen LogP contribution in [-0.4, -0.2) is 5.49 Å². The molecule has 2 aromatic rings. The quantitative estimate of drug-likeness (QED) is 0.804. The Bertz CT molecular complexity index is 399. The van der Waals surface area contributed by atoms with E-state index in [1.807, 2.05) is 36.4 Å². The molecule has 0 aliphatic heterocycles. The first-order chi connectivity index (χ1) is 7.92. The Labute approximate surface area is 101 Å². The monoisotopic (exact) mass is 227 g/mol. The van der Waals surface area contributed by atoms with E-state index < -0.39 is 0 Å². The van der Waals surface area contributed by atoms with Crippen LogP contribution in [0, 0.1) is 0 Å². The van der Waals surface area contributed by atoms with Gasteiger partial charge in [-0.15, -0.1) is 0 Å². The summed E-state index contributed by atoms with van der Waals surface area (Å²) in [5, 5.41) is 3.20. The van der Waals surface area contributed by atoms with E-state index in [2.05, 4.69) is 29.6 Å². The van der Waals surface area contributed by atoms with Gasteiger partial charge in [0, 0.05) is 0 Å². The Morgan fingerprint density at radius 1 is 0.812 bits per heavy atom. The molecule has 0 heterocycles. The minimum absolute atomic E-state index is 0.139. The summed E-state index contributed by atoms with van der Waals surface area (Å²) in [5.41, 5.74) is 4.01. The van der Waals surface area contributed by atoms with Crippen molar-refractivity contribution in [2.24, 2.45) is 0 Å². The van der Waals surface area contributed by atoms with Crippen LogP contribution in [0.3, 0.4) is 0 Å². The van der Waals surface area contributed by atoms with Gasteiger partial charge >= 0.3 is 0 Å². The average Bonchev–Trinajstić information content (AvgIpc) is 2.38. The van der Waals surface area contributed by atoms with Crippen LogP contribution in [0.4, 0.5) is 0 Å². The van der Waals surface area contributed by atoms with E-state index in [4.69, 9.17) is 12.2 Å². The van der Waals surface area contributed by atoms with E-state index >= 15 is 0 Å². The molecule has 0 saturated heterocycles. The maximum absolute atomic E-state index is 4.89. The fourth-order valence-electron chi connectivity index (χ4n) is 1.74. The van der Waals surface area contributed by atoms with Crippen LogP contribution in [0.5, 0.6) is 0 Å². The fraction of sp³-hybridized carbons (Fsp3) is 0.0714. The van der Waals surface area contributed by atoms with Gasteiger partial charge in [-0.2, -0.15) is 0 Å². The van der Waals surface area contributed by atoms with Gasteiger partial charge in [-0.1, -0.05) is 72.9 Å². The second kappa shape index (κ2) is 5.42. The lowest BCUT2D eigenvalue weighted by atomic mass is 9.99.